The van der Waals surface area contributed by atoms with E-state index in [2.05, 4.69) is 27.9 Å². The minimum atomic E-state index is 0.199. The van der Waals surface area contributed by atoms with E-state index in [0.717, 1.165) is 18.0 Å². The van der Waals surface area contributed by atoms with Crippen LogP contribution >= 0.6 is 0 Å². The lowest BCUT2D eigenvalue weighted by molar-refractivity contribution is 0.329. The maximum Gasteiger partial charge on any atom is 0.124 e. The summed E-state index contributed by atoms with van der Waals surface area (Å²) in [6.45, 7) is 7.66. The van der Waals surface area contributed by atoms with Gasteiger partial charge in [-0.25, -0.2) is 4.98 Å². The third kappa shape index (κ3) is 3.02. The van der Waals surface area contributed by atoms with Gasteiger partial charge < -0.3 is 14.6 Å². The van der Waals surface area contributed by atoms with Crippen molar-refractivity contribution in [1.29, 1.82) is 0 Å². The van der Waals surface area contributed by atoms with Gasteiger partial charge in [-0.2, -0.15) is 0 Å². The Kier molecular flexibility index (Phi) is 4.79. The average molecular weight is 273 g/mol. The van der Waals surface area contributed by atoms with Crippen molar-refractivity contribution < 1.29 is 4.74 Å². The van der Waals surface area contributed by atoms with Crippen LogP contribution in [0.4, 0.5) is 0 Å². The number of likely N-dealkylation sites (N-methyl/N-ethyl adjacent to an activating group) is 1. The highest BCUT2D eigenvalue weighted by Gasteiger charge is 2.16. The molecule has 0 aliphatic rings. The maximum atomic E-state index is 5.73. The zero-order chi connectivity index (χ0) is 14.5. The van der Waals surface area contributed by atoms with Crippen molar-refractivity contribution in [3.05, 3.63) is 47.5 Å². The van der Waals surface area contributed by atoms with E-state index in [-0.39, 0.29) is 6.04 Å². The molecular weight excluding hydrogens is 250 g/mol. The molecule has 4 nitrogen and oxygen atoms in total. The fraction of sp³-hybridized carbons (Fsp3) is 0.438. The third-order valence-corrected chi connectivity index (χ3v) is 3.67. The van der Waals surface area contributed by atoms with Crippen LogP contribution in [-0.4, -0.2) is 23.2 Å². The van der Waals surface area contributed by atoms with Gasteiger partial charge in [0.2, 0.25) is 0 Å². The lowest BCUT2D eigenvalue weighted by Gasteiger charge is -2.21. The van der Waals surface area contributed by atoms with Crippen LogP contribution in [0.2, 0.25) is 0 Å². The molecule has 1 atom stereocenters. The average Bonchev–Trinajstić information content (AvgIpc) is 2.78. The van der Waals surface area contributed by atoms with Gasteiger partial charge in [0.25, 0.3) is 0 Å². The van der Waals surface area contributed by atoms with E-state index in [1.165, 1.54) is 11.3 Å². The molecule has 0 fully saturated rings. The first-order valence-electron chi connectivity index (χ1n) is 7.04. The summed E-state index contributed by atoms with van der Waals surface area (Å²) in [5.41, 5.74) is 3.47. The minimum Gasteiger partial charge on any atom is -0.494 e. The molecule has 0 amide bonds. The smallest absolute Gasteiger partial charge is 0.124 e. The first kappa shape index (κ1) is 14.6. The molecule has 108 valence electrons. The number of ether oxygens (including phenoxy) is 1. The number of aromatic nitrogens is 2. The summed E-state index contributed by atoms with van der Waals surface area (Å²) in [4.78, 5) is 4.36. The summed E-state index contributed by atoms with van der Waals surface area (Å²) in [6.07, 6.45) is 1.90. The summed E-state index contributed by atoms with van der Waals surface area (Å²) in [7, 11) is 1.98. The Labute approximate surface area is 120 Å². The normalized spacial score (nSPS) is 12.4. The lowest BCUT2D eigenvalue weighted by atomic mass is 10.1. The number of para-hydroxylation sites is 1. The minimum absolute atomic E-state index is 0.199. The third-order valence-electron chi connectivity index (χ3n) is 3.67. The highest BCUT2D eigenvalue weighted by Crippen LogP contribution is 2.26. The number of aryl methyl sites for hydroxylation is 1. The van der Waals surface area contributed by atoms with Crippen molar-refractivity contribution in [2.45, 2.75) is 33.4 Å². The number of benzene rings is 1. The molecule has 0 aliphatic heterocycles. The van der Waals surface area contributed by atoms with Crippen molar-refractivity contribution in [3.63, 3.8) is 0 Å². The Morgan fingerprint density at radius 1 is 1.30 bits per heavy atom. The van der Waals surface area contributed by atoms with E-state index >= 15 is 0 Å². The standard InChI is InChI=1S/C16H23N3O/c1-5-20-16-9-7-6-8-14(16)15(17-4)10-19-11-18-12(2)13(19)3/h6-9,11,15,17H,5,10H2,1-4H3. The molecule has 0 bridgehead atoms. The van der Waals surface area contributed by atoms with Gasteiger partial charge in [0, 0.05) is 17.8 Å². The van der Waals surface area contributed by atoms with Crippen molar-refractivity contribution in [2.24, 2.45) is 0 Å². The molecule has 0 radical (unpaired) electrons. The van der Waals surface area contributed by atoms with Gasteiger partial charge in [-0.1, -0.05) is 18.2 Å². The highest BCUT2D eigenvalue weighted by molar-refractivity contribution is 5.36. The second-order valence-electron chi connectivity index (χ2n) is 4.88. The molecule has 4 heteroatoms. The molecule has 0 saturated carbocycles. The Bertz CT molecular complexity index is 563. The molecule has 1 N–H and O–H groups in total. The Morgan fingerprint density at radius 2 is 2.05 bits per heavy atom. The largest absolute Gasteiger partial charge is 0.494 e. The molecular formula is C16H23N3O. The van der Waals surface area contributed by atoms with E-state index in [9.17, 15) is 0 Å². The second kappa shape index (κ2) is 6.57. The SMILES string of the molecule is CCOc1ccccc1C(Cn1cnc(C)c1C)NC. The van der Waals surface area contributed by atoms with Crippen molar-refractivity contribution in [3.8, 4) is 5.75 Å². The molecule has 0 saturated heterocycles. The van der Waals surface area contributed by atoms with Gasteiger partial charge in [0.05, 0.1) is 24.7 Å². The number of nitrogens with one attached hydrogen (secondary N) is 1. The molecule has 1 aromatic carbocycles. The molecule has 1 aromatic heterocycles. The fourth-order valence-corrected chi connectivity index (χ4v) is 2.33. The molecule has 1 heterocycles. The lowest BCUT2D eigenvalue weighted by Crippen LogP contribution is -2.23. The topological polar surface area (TPSA) is 39.1 Å². The summed E-state index contributed by atoms with van der Waals surface area (Å²) in [5.74, 6) is 0.948. The molecule has 0 spiro atoms. The molecule has 0 aliphatic carbocycles. The van der Waals surface area contributed by atoms with Crippen molar-refractivity contribution >= 4 is 0 Å². The molecule has 1 unspecified atom stereocenters. The van der Waals surface area contributed by atoms with Crippen LogP contribution in [-0.2, 0) is 6.54 Å². The number of hydrogen-bond acceptors (Lipinski definition) is 3. The maximum absolute atomic E-state index is 5.73. The van der Waals surface area contributed by atoms with Crippen LogP contribution in [0.25, 0.3) is 0 Å². The van der Waals surface area contributed by atoms with Crippen LogP contribution in [0.3, 0.4) is 0 Å². The summed E-state index contributed by atoms with van der Waals surface area (Å²) < 4.78 is 7.91. The van der Waals surface area contributed by atoms with Crippen molar-refractivity contribution in [1.82, 2.24) is 14.9 Å². The first-order valence-corrected chi connectivity index (χ1v) is 7.04. The van der Waals surface area contributed by atoms with Crippen LogP contribution in [0.1, 0.15) is 29.9 Å². The predicted molar refractivity (Wildman–Crippen MR) is 81.1 cm³/mol. The van der Waals surface area contributed by atoms with Gasteiger partial charge in [-0.05, 0) is 33.9 Å². The van der Waals surface area contributed by atoms with Gasteiger partial charge in [0.1, 0.15) is 5.75 Å². The zero-order valence-electron chi connectivity index (χ0n) is 12.7. The van der Waals surface area contributed by atoms with E-state index in [1.54, 1.807) is 0 Å². The van der Waals surface area contributed by atoms with E-state index < -0.39 is 0 Å². The second-order valence-corrected chi connectivity index (χ2v) is 4.88. The fourth-order valence-electron chi connectivity index (χ4n) is 2.33. The van der Waals surface area contributed by atoms with Gasteiger partial charge >= 0.3 is 0 Å². The molecule has 20 heavy (non-hydrogen) atoms. The monoisotopic (exact) mass is 273 g/mol. The van der Waals surface area contributed by atoms with E-state index in [0.29, 0.717) is 6.61 Å². The number of nitrogens with zero attached hydrogens (tertiary/aromatic N) is 2. The van der Waals surface area contributed by atoms with Gasteiger partial charge in [0.15, 0.2) is 0 Å². The summed E-state index contributed by atoms with van der Waals surface area (Å²) in [6, 6.07) is 8.40. The first-order chi connectivity index (χ1) is 9.67. The van der Waals surface area contributed by atoms with Gasteiger partial charge in [-0.3, -0.25) is 0 Å². The van der Waals surface area contributed by atoms with Crippen molar-refractivity contribution in [2.75, 3.05) is 13.7 Å². The Hall–Kier alpha value is -1.81. The Morgan fingerprint density at radius 3 is 2.65 bits per heavy atom. The zero-order valence-corrected chi connectivity index (χ0v) is 12.7. The van der Waals surface area contributed by atoms with Crippen LogP contribution in [0.15, 0.2) is 30.6 Å². The quantitative estimate of drug-likeness (QED) is 0.879. The number of rotatable bonds is 6. The number of hydrogen-bond donors (Lipinski definition) is 1. The van der Waals surface area contributed by atoms with Gasteiger partial charge in [-0.15, -0.1) is 0 Å². The number of imidazole rings is 1. The predicted octanol–water partition coefficient (Wildman–Crippen LogP) is 2.86. The highest BCUT2D eigenvalue weighted by atomic mass is 16.5. The summed E-state index contributed by atoms with van der Waals surface area (Å²) >= 11 is 0. The van der Waals surface area contributed by atoms with Crippen LogP contribution in [0.5, 0.6) is 5.75 Å². The summed E-state index contributed by atoms with van der Waals surface area (Å²) in [5, 5.41) is 3.37. The molecule has 2 rings (SSSR count). The Balaban J connectivity index is 2.26. The van der Waals surface area contributed by atoms with E-state index in [4.69, 9.17) is 4.74 Å². The van der Waals surface area contributed by atoms with E-state index in [1.807, 2.05) is 45.4 Å². The van der Waals surface area contributed by atoms with Crippen LogP contribution in [0, 0.1) is 13.8 Å². The molecule has 2 aromatic rings. The van der Waals surface area contributed by atoms with Crippen LogP contribution < -0.4 is 10.1 Å².